The van der Waals surface area contributed by atoms with Crippen LogP contribution in [0.3, 0.4) is 0 Å². The first kappa shape index (κ1) is 14.7. The molecule has 3 heteroatoms. The van der Waals surface area contributed by atoms with Gasteiger partial charge in [-0.05, 0) is 63.9 Å². The minimum Gasteiger partial charge on any atom is -0.347 e. The Morgan fingerprint density at radius 2 is 1.70 bits per heavy atom. The molecular weight excluding hydrogens is 282 g/mol. The first-order chi connectivity index (χ1) is 11.0. The molecular formula is C20H25N3. The lowest BCUT2D eigenvalue weighted by Gasteiger charge is -2.47. The molecule has 4 rings (SSSR count). The van der Waals surface area contributed by atoms with E-state index in [1.165, 1.54) is 28.8 Å². The van der Waals surface area contributed by atoms with Gasteiger partial charge in [-0.15, -0.1) is 0 Å². The maximum atomic E-state index is 4.75. The van der Waals surface area contributed by atoms with Gasteiger partial charge in [-0.3, -0.25) is 9.88 Å². The molecule has 3 atom stereocenters. The van der Waals surface area contributed by atoms with E-state index >= 15 is 0 Å². The van der Waals surface area contributed by atoms with Crippen molar-refractivity contribution in [3.05, 3.63) is 58.4 Å². The molecule has 1 saturated heterocycles. The van der Waals surface area contributed by atoms with Crippen molar-refractivity contribution in [2.45, 2.75) is 52.4 Å². The molecule has 1 fully saturated rings. The lowest BCUT2D eigenvalue weighted by Crippen LogP contribution is -2.50. The second kappa shape index (κ2) is 5.07. The fraction of sp³-hybridized carbons (Fsp3) is 0.450. The zero-order valence-electron chi connectivity index (χ0n) is 14.7. The van der Waals surface area contributed by atoms with Crippen LogP contribution in [0.25, 0.3) is 0 Å². The van der Waals surface area contributed by atoms with E-state index < -0.39 is 0 Å². The fourth-order valence-corrected chi connectivity index (χ4v) is 4.70. The molecule has 1 aliphatic heterocycles. The highest BCUT2D eigenvalue weighted by Crippen LogP contribution is 2.52. The lowest BCUT2D eigenvalue weighted by molar-refractivity contribution is 0.131. The first-order valence-electron chi connectivity index (χ1n) is 8.53. The molecule has 0 amide bonds. The second-order valence-electron chi connectivity index (χ2n) is 7.12. The van der Waals surface area contributed by atoms with Gasteiger partial charge in [0.15, 0.2) is 0 Å². The van der Waals surface area contributed by atoms with Gasteiger partial charge in [-0.25, -0.2) is 0 Å². The molecule has 2 aromatic rings. The Bertz CT molecular complexity index is 744. The molecule has 0 saturated carbocycles. The van der Waals surface area contributed by atoms with Crippen molar-refractivity contribution in [3.63, 3.8) is 0 Å². The smallest absolute Gasteiger partial charge is 0.0801 e. The number of hydrogen-bond donors (Lipinski definition) is 0. The van der Waals surface area contributed by atoms with Gasteiger partial charge in [0.1, 0.15) is 0 Å². The molecule has 3 unspecified atom stereocenters. The third-order valence-corrected chi connectivity index (χ3v) is 5.72. The van der Waals surface area contributed by atoms with E-state index in [0.29, 0.717) is 18.2 Å². The predicted octanol–water partition coefficient (Wildman–Crippen LogP) is 4.29. The van der Waals surface area contributed by atoms with Crippen molar-refractivity contribution >= 4 is 5.69 Å². The Morgan fingerprint density at radius 3 is 2.35 bits per heavy atom. The quantitative estimate of drug-likeness (QED) is 0.783. The van der Waals surface area contributed by atoms with Crippen LogP contribution in [0.1, 0.15) is 53.5 Å². The van der Waals surface area contributed by atoms with E-state index in [4.69, 9.17) is 4.98 Å². The summed E-state index contributed by atoms with van der Waals surface area (Å²) in [6, 6.07) is 12.2. The van der Waals surface area contributed by atoms with Crippen molar-refractivity contribution in [2.24, 2.45) is 0 Å². The summed E-state index contributed by atoms with van der Waals surface area (Å²) in [6.45, 7) is 8.77. The van der Waals surface area contributed by atoms with Gasteiger partial charge >= 0.3 is 0 Å². The van der Waals surface area contributed by atoms with Crippen LogP contribution < -0.4 is 4.90 Å². The summed E-state index contributed by atoms with van der Waals surface area (Å²) in [7, 11) is 2.26. The monoisotopic (exact) mass is 307 g/mol. The fourth-order valence-electron chi connectivity index (χ4n) is 4.70. The molecule has 2 heterocycles. The molecule has 1 aromatic heterocycles. The maximum Gasteiger partial charge on any atom is 0.0801 e. The highest BCUT2D eigenvalue weighted by Gasteiger charge is 2.45. The summed E-state index contributed by atoms with van der Waals surface area (Å²) in [5.74, 6) is 0. The van der Waals surface area contributed by atoms with E-state index in [1.54, 1.807) is 0 Å². The third-order valence-electron chi connectivity index (χ3n) is 5.72. The van der Waals surface area contributed by atoms with Gasteiger partial charge in [0.05, 0.1) is 23.6 Å². The van der Waals surface area contributed by atoms with E-state index in [2.05, 4.69) is 74.9 Å². The number of fused-ring (bicyclic) bond motifs is 5. The van der Waals surface area contributed by atoms with Crippen LogP contribution in [0.5, 0.6) is 0 Å². The Morgan fingerprint density at radius 1 is 1.04 bits per heavy atom. The van der Waals surface area contributed by atoms with Crippen LogP contribution in [0, 0.1) is 20.8 Å². The zero-order chi connectivity index (χ0) is 16.3. The molecule has 3 nitrogen and oxygen atoms in total. The number of anilines is 1. The topological polar surface area (TPSA) is 19.4 Å². The summed E-state index contributed by atoms with van der Waals surface area (Å²) in [6.07, 6.45) is 1.54. The maximum absolute atomic E-state index is 4.75. The van der Waals surface area contributed by atoms with Gasteiger partial charge in [-0.1, -0.05) is 24.3 Å². The molecule has 0 spiro atoms. The normalized spacial score (nSPS) is 26.5. The number of hydrogen-bond acceptors (Lipinski definition) is 3. The minimum absolute atomic E-state index is 0.369. The lowest BCUT2D eigenvalue weighted by atomic mass is 10.0. The Hall–Kier alpha value is -1.87. The summed E-state index contributed by atoms with van der Waals surface area (Å²) in [5.41, 5.74) is 7.89. The van der Waals surface area contributed by atoms with Crippen LogP contribution in [-0.2, 0) is 0 Å². The second-order valence-corrected chi connectivity index (χ2v) is 7.12. The average molecular weight is 307 g/mol. The van der Waals surface area contributed by atoms with Crippen molar-refractivity contribution in [2.75, 3.05) is 11.9 Å². The average Bonchev–Trinajstić information content (AvgIpc) is 2.85. The summed E-state index contributed by atoms with van der Waals surface area (Å²) in [4.78, 5) is 9.86. The molecule has 120 valence electrons. The van der Waals surface area contributed by atoms with Crippen LogP contribution in [-0.4, -0.2) is 23.1 Å². The summed E-state index contributed by atoms with van der Waals surface area (Å²) in [5, 5.41) is 0. The molecule has 1 aliphatic carbocycles. The van der Waals surface area contributed by atoms with Gasteiger partial charge < -0.3 is 4.90 Å². The van der Waals surface area contributed by atoms with Crippen molar-refractivity contribution in [1.82, 2.24) is 9.88 Å². The van der Waals surface area contributed by atoms with Gasteiger partial charge in [0.2, 0.25) is 0 Å². The van der Waals surface area contributed by atoms with E-state index in [9.17, 15) is 0 Å². The van der Waals surface area contributed by atoms with Crippen LogP contribution >= 0.6 is 0 Å². The van der Waals surface area contributed by atoms with Crippen LogP contribution in [0.4, 0.5) is 5.69 Å². The summed E-state index contributed by atoms with van der Waals surface area (Å²) < 4.78 is 0. The van der Waals surface area contributed by atoms with Crippen LogP contribution in [0.15, 0.2) is 30.3 Å². The third kappa shape index (κ3) is 2.03. The largest absolute Gasteiger partial charge is 0.347 e. The predicted molar refractivity (Wildman–Crippen MR) is 94.7 cm³/mol. The Kier molecular flexibility index (Phi) is 3.24. The SMILES string of the molecule is Cc1cc(C)c(N2C3CC(c4ccccc43)N(C)C2C)c(C)n1. The number of benzene rings is 1. The molecule has 1 aromatic carbocycles. The van der Waals surface area contributed by atoms with Crippen molar-refractivity contribution in [3.8, 4) is 0 Å². The number of rotatable bonds is 1. The number of pyridine rings is 1. The van der Waals surface area contributed by atoms with Crippen LogP contribution in [0.2, 0.25) is 0 Å². The number of aromatic nitrogens is 1. The number of aryl methyl sites for hydroxylation is 3. The zero-order valence-corrected chi connectivity index (χ0v) is 14.7. The highest BCUT2D eigenvalue weighted by molar-refractivity contribution is 5.61. The van der Waals surface area contributed by atoms with Gasteiger partial charge in [0, 0.05) is 11.7 Å². The molecule has 23 heavy (non-hydrogen) atoms. The Balaban J connectivity index is 1.90. The van der Waals surface area contributed by atoms with E-state index in [0.717, 1.165) is 11.4 Å². The van der Waals surface area contributed by atoms with Gasteiger partial charge in [-0.2, -0.15) is 0 Å². The Labute approximate surface area is 139 Å². The highest BCUT2D eigenvalue weighted by atomic mass is 15.4. The van der Waals surface area contributed by atoms with E-state index in [-0.39, 0.29) is 0 Å². The molecule has 0 N–H and O–H groups in total. The van der Waals surface area contributed by atoms with Gasteiger partial charge in [0.25, 0.3) is 0 Å². The standard InChI is InChI=1S/C20H25N3/c1-12-10-13(2)21-14(3)20(12)23-15(4)22(5)18-11-19(23)17-9-7-6-8-16(17)18/h6-10,15,18-19H,11H2,1-5H3. The van der Waals surface area contributed by atoms with Crippen molar-refractivity contribution < 1.29 is 0 Å². The van der Waals surface area contributed by atoms with E-state index in [1.807, 2.05) is 0 Å². The number of nitrogens with zero attached hydrogens (tertiary/aromatic N) is 3. The summed E-state index contributed by atoms with van der Waals surface area (Å²) >= 11 is 0. The molecule has 2 aliphatic rings. The molecule has 2 bridgehead atoms. The molecule has 0 radical (unpaired) electrons. The van der Waals surface area contributed by atoms with Crippen molar-refractivity contribution in [1.29, 1.82) is 0 Å². The minimum atomic E-state index is 0.369. The first-order valence-corrected chi connectivity index (χ1v) is 8.53.